The normalized spacial score (nSPS) is 10.6. The molecule has 0 radical (unpaired) electrons. The fourth-order valence-electron chi connectivity index (χ4n) is 2.17. The van der Waals surface area contributed by atoms with Gasteiger partial charge in [-0.1, -0.05) is 12.1 Å². The van der Waals surface area contributed by atoms with Crippen molar-refractivity contribution in [2.45, 2.75) is 33.4 Å². The van der Waals surface area contributed by atoms with E-state index in [4.69, 9.17) is 10.5 Å². The van der Waals surface area contributed by atoms with Crippen molar-refractivity contribution in [2.24, 2.45) is 5.73 Å². The van der Waals surface area contributed by atoms with Crippen LogP contribution in [0.1, 0.15) is 23.5 Å². The van der Waals surface area contributed by atoms with Crippen LogP contribution in [0.4, 0.5) is 0 Å². The third kappa shape index (κ3) is 4.16. The fourth-order valence-corrected chi connectivity index (χ4v) is 2.17. The summed E-state index contributed by atoms with van der Waals surface area (Å²) in [5, 5.41) is 0. The standard InChI is InChI=1S/C16H21N3O2/c1-12-10-16(20)19(13(2)18-12)8-3-9-21-15-6-4-14(11-17)5-7-15/h4-7,10H,3,8-9,11,17H2,1-2H3. The second kappa shape index (κ2) is 7.04. The summed E-state index contributed by atoms with van der Waals surface area (Å²) in [5.41, 5.74) is 7.37. The number of nitrogens with zero attached hydrogens (tertiary/aromatic N) is 2. The van der Waals surface area contributed by atoms with E-state index in [1.165, 1.54) is 0 Å². The first-order valence-electron chi connectivity index (χ1n) is 7.07. The summed E-state index contributed by atoms with van der Waals surface area (Å²) in [6, 6.07) is 9.28. The number of hydrogen-bond acceptors (Lipinski definition) is 4. The second-order valence-corrected chi connectivity index (χ2v) is 4.98. The van der Waals surface area contributed by atoms with Crippen LogP contribution in [0.2, 0.25) is 0 Å². The Morgan fingerprint density at radius 2 is 1.95 bits per heavy atom. The van der Waals surface area contributed by atoms with E-state index in [2.05, 4.69) is 4.98 Å². The smallest absolute Gasteiger partial charge is 0.253 e. The van der Waals surface area contributed by atoms with Crippen LogP contribution in [-0.4, -0.2) is 16.2 Å². The van der Waals surface area contributed by atoms with Crippen LogP contribution < -0.4 is 16.0 Å². The molecule has 1 aromatic carbocycles. The average molecular weight is 287 g/mol. The summed E-state index contributed by atoms with van der Waals surface area (Å²) in [5.74, 6) is 1.56. The van der Waals surface area contributed by atoms with E-state index < -0.39 is 0 Å². The summed E-state index contributed by atoms with van der Waals surface area (Å²) in [6.45, 7) is 5.37. The molecule has 0 saturated carbocycles. The molecular weight excluding hydrogens is 266 g/mol. The minimum absolute atomic E-state index is 0.00713. The van der Waals surface area contributed by atoms with Crippen molar-refractivity contribution in [3.63, 3.8) is 0 Å². The highest BCUT2D eigenvalue weighted by Gasteiger charge is 2.03. The van der Waals surface area contributed by atoms with E-state index in [0.29, 0.717) is 19.7 Å². The number of nitrogens with two attached hydrogens (primary N) is 1. The molecule has 0 aliphatic carbocycles. The van der Waals surface area contributed by atoms with Gasteiger partial charge in [0.15, 0.2) is 0 Å². The van der Waals surface area contributed by atoms with E-state index in [1.807, 2.05) is 38.1 Å². The Balaban J connectivity index is 1.86. The van der Waals surface area contributed by atoms with Crippen LogP contribution in [0.5, 0.6) is 5.75 Å². The largest absolute Gasteiger partial charge is 0.494 e. The zero-order chi connectivity index (χ0) is 15.2. The molecule has 0 amide bonds. The molecule has 0 saturated heterocycles. The van der Waals surface area contributed by atoms with Crippen molar-refractivity contribution in [3.05, 3.63) is 57.8 Å². The lowest BCUT2D eigenvalue weighted by molar-refractivity contribution is 0.300. The quantitative estimate of drug-likeness (QED) is 0.822. The van der Waals surface area contributed by atoms with Crippen molar-refractivity contribution in [1.82, 2.24) is 9.55 Å². The summed E-state index contributed by atoms with van der Waals surface area (Å²) in [4.78, 5) is 16.2. The molecule has 2 N–H and O–H groups in total. The predicted molar refractivity (Wildman–Crippen MR) is 82.4 cm³/mol. The van der Waals surface area contributed by atoms with Gasteiger partial charge in [-0.25, -0.2) is 4.98 Å². The number of rotatable bonds is 6. The van der Waals surface area contributed by atoms with Crippen LogP contribution >= 0.6 is 0 Å². The minimum Gasteiger partial charge on any atom is -0.494 e. The number of aromatic nitrogens is 2. The van der Waals surface area contributed by atoms with Gasteiger partial charge < -0.3 is 10.5 Å². The van der Waals surface area contributed by atoms with Crippen LogP contribution in [0.15, 0.2) is 35.1 Å². The molecular formula is C16H21N3O2. The molecule has 21 heavy (non-hydrogen) atoms. The summed E-state index contributed by atoms with van der Waals surface area (Å²) < 4.78 is 7.33. The topological polar surface area (TPSA) is 70.1 Å². The van der Waals surface area contributed by atoms with Gasteiger partial charge in [-0.05, 0) is 38.0 Å². The van der Waals surface area contributed by atoms with Gasteiger partial charge in [0, 0.05) is 24.8 Å². The van der Waals surface area contributed by atoms with Gasteiger partial charge in [-0.15, -0.1) is 0 Å². The first-order valence-corrected chi connectivity index (χ1v) is 7.07. The van der Waals surface area contributed by atoms with Crippen LogP contribution in [0.3, 0.4) is 0 Å². The maximum Gasteiger partial charge on any atom is 0.253 e. The zero-order valence-electron chi connectivity index (χ0n) is 12.5. The monoisotopic (exact) mass is 287 g/mol. The van der Waals surface area contributed by atoms with Gasteiger partial charge in [-0.3, -0.25) is 9.36 Å². The highest BCUT2D eigenvalue weighted by atomic mass is 16.5. The molecule has 5 nitrogen and oxygen atoms in total. The third-order valence-corrected chi connectivity index (χ3v) is 3.28. The Morgan fingerprint density at radius 3 is 2.57 bits per heavy atom. The first-order chi connectivity index (χ1) is 10.1. The fraction of sp³-hybridized carbons (Fsp3) is 0.375. The minimum atomic E-state index is -0.00713. The molecule has 5 heteroatoms. The van der Waals surface area contributed by atoms with Gasteiger partial charge in [0.1, 0.15) is 11.6 Å². The number of benzene rings is 1. The van der Waals surface area contributed by atoms with Crippen LogP contribution in [0.25, 0.3) is 0 Å². The van der Waals surface area contributed by atoms with Crippen molar-refractivity contribution in [1.29, 1.82) is 0 Å². The molecule has 112 valence electrons. The Labute approximate surface area is 124 Å². The second-order valence-electron chi connectivity index (χ2n) is 4.98. The Morgan fingerprint density at radius 1 is 1.24 bits per heavy atom. The van der Waals surface area contributed by atoms with E-state index in [1.54, 1.807) is 10.6 Å². The highest BCUT2D eigenvalue weighted by molar-refractivity contribution is 5.27. The van der Waals surface area contributed by atoms with Crippen LogP contribution in [0, 0.1) is 13.8 Å². The van der Waals surface area contributed by atoms with E-state index in [9.17, 15) is 4.79 Å². The van der Waals surface area contributed by atoms with E-state index in [0.717, 1.165) is 29.3 Å². The molecule has 1 heterocycles. The van der Waals surface area contributed by atoms with Crippen molar-refractivity contribution in [2.75, 3.05) is 6.61 Å². The van der Waals surface area contributed by atoms with Gasteiger partial charge in [0.25, 0.3) is 5.56 Å². The lowest BCUT2D eigenvalue weighted by Gasteiger charge is -2.10. The predicted octanol–water partition coefficient (Wildman–Crippen LogP) is 1.79. The maximum absolute atomic E-state index is 11.9. The Hall–Kier alpha value is -2.14. The van der Waals surface area contributed by atoms with E-state index >= 15 is 0 Å². The molecule has 1 aromatic heterocycles. The molecule has 0 spiro atoms. The van der Waals surface area contributed by atoms with Gasteiger partial charge in [-0.2, -0.15) is 0 Å². The summed E-state index contributed by atoms with van der Waals surface area (Å²) in [6.07, 6.45) is 0.754. The van der Waals surface area contributed by atoms with Crippen molar-refractivity contribution < 1.29 is 4.74 Å². The molecule has 0 bridgehead atoms. The third-order valence-electron chi connectivity index (χ3n) is 3.28. The van der Waals surface area contributed by atoms with Gasteiger partial charge >= 0.3 is 0 Å². The summed E-state index contributed by atoms with van der Waals surface area (Å²) in [7, 11) is 0. The van der Waals surface area contributed by atoms with Crippen molar-refractivity contribution in [3.8, 4) is 5.75 Å². The molecule has 0 fully saturated rings. The number of aryl methyl sites for hydroxylation is 2. The molecule has 0 unspecified atom stereocenters. The lowest BCUT2D eigenvalue weighted by atomic mass is 10.2. The molecule has 2 aromatic rings. The zero-order valence-corrected chi connectivity index (χ0v) is 12.5. The number of hydrogen-bond donors (Lipinski definition) is 1. The maximum atomic E-state index is 11.9. The average Bonchev–Trinajstić information content (AvgIpc) is 2.46. The highest BCUT2D eigenvalue weighted by Crippen LogP contribution is 2.12. The van der Waals surface area contributed by atoms with Crippen molar-refractivity contribution >= 4 is 0 Å². The Bertz CT molecular complexity index is 648. The molecule has 2 rings (SSSR count). The SMILES string of the molecule is Cc1cc(=O)n(CCCOc2ccc(CN)cc2)c(C)n1. The molecule has 0 atom stereocenters. The number of ether oxygens (including phenoxy) is 1. The van der Waals surface area contributed by atoms with Crippen LogP contribution in [-0.2, 0) is 13.1 Å². The summed E-state index contributed by atoms with van der Waals surface area (Å²) >= 11 is 0. The lowest BCUT2D eigenvalue weighted by Crippen LogP contribution is -2.24. The molecule has 0 aliphatic heterocycles. The first kappa shape index (κ1) is 15.3. The van der Waals surface area contributed by atoms with Gasteiger partial charge in [0.2, 0.25) is 0 Å². The Kier molecular flexibility index (Phi) is 5.11. The van der Waals surface area contributed by atoms with Gasteiger partial charge in [0.05, 0.1) is 6.61 Å². The van der Waals surface area contributed by atoms with E-state index in [-0.39, 0.29) is 5.56 Å². The molecule has 0 aliphatic rings.